The third-order valence-electron chi connectivity index (χ3n) is 2.99. The molecule has 0 saturated carbocycles. The predicted octanol–water partition coefficient (Wildman–Crippen LogP) is 0.539. The SMILES string of the molecule is COc1ncc(-c2ccc(C=C3N=C(N)NC3=O)o2)c(OC)n1. The van der Waals surface area contributed by atoms with Gasteiger partial charge in [0.05, 0.1) is 19.8 Å². The van der Waals surface area contributed by atoms with Crippen molar-refractivity contribution in [3.05, 3.63) is 29.8 Å². The molecular formula is C14H13N5O4. The Morgan fingerprint density at radius 3 is 2.78 bits per heavy atom. The van der Waals surface area contributed by atoms with E-state index < -0.39 is 0 Å². The zero-order valence-corrected chi connectivity index (χ0v) is 12.4. The number of rotatable bonds is 4. The van der Waals surface area contributed by atoms with Gasteiger partial charge in [0.1, 0.15) is 17.2 Å². The Balaban J connectivity index is 1.94. The van der Waals surface area contributed by atoms with Gasteiger partial charge in [-0.3, -0.25) is 10.1 Å². The largest absolute Gasteiger partial charge is 0.480 e. The lowest BCUT2D eigenvalue weighted by Crippen LogP contribution is -2.30. The summed E-state index contributed by atoms with van der Waals surface area (Å²) in [5.74, 6) is 0.892. The maximum atomic E-state index is 11.6. The highest BCUT2D eigenvalue weighted by molar-refractivity contribution is 6.13. The number of aliphatic imine (C=N–C) groups is 1. The van der Waals surface area contributed by atoms with Crippen molar-refractivity contribution in [2.45, 2.75) is 0 Å². The minimum absolute atomic E-state index is 0.0539. The number of hydrogen-bond donors (Lipinski definition) is 2. The number of furan rings is 1. The van der Waals surface area contributed by atoms with Crippen LogP contribution >= 0.6 is 0 Å². The molecule has 23 heavy (non-hydrogen) atoms. The summed E-state index contributed by atoms with van der Waals surface area (Å²) in [7, 11) is 2.95. The normalized spacial score (nSPS) is 15.5. The first kappa shape index (κ1) is 14.6. The molecule has 3 rings (SSSR count). The number of amides is 1. The summed E-state index contributed by atoms with van der Waals surface area (Å²) in [6.07, 6.45) is 3.01. The number of methoxy groups -OCH3 is 2. The fourth-order valence-electron chi connectivity index (χ4n) is 1.97. The standard InChI is InChI=1S/C14H13N5O4/c1-21-12-8(6-16-14(19-12)22-2)10-4-3-7(23-10)5-9-11(20)18-13(15)17-9/h3-6H,1-2H3,(H3,15,17,18,20). The molecule has 0 unspecified atom stereocenters. The second-order valence-electron chi connectivity index (χ2n) is 4.46. The molecular weight excluding hydrogens is 302 g/mol. The van der Waals surface area contributed by atoms with Crippen LogP contribution in [0.15, 0.2) is 33.4 Å². The zero-order valence-electron chi connectivity index (χ0n) is 12.4. The van der Waals surface area contributed by atoms with Crippen LogP contribution in [0, 0.1) is 0 Å². The fourth-order valence-corrected chi connectivity index (χ4v) is 1.97. The summed E-state index contributed by atoms with van der Waals surface area (Å²) in [6, 6.07) is 3.58. The molecule has 0 fully saturated rings. The highest BCUT2D eigenvalue weighted by atomic mass is 16.5. The number of carbonyl (C=O) groups excluding carboxylic acids is 1. The van der Waals surface area contributed by atoms with Gasteiger partial charge < -0.3 is 19.6 Å². The van der Waals surface area contributed by atoms with Crippen LogP contribution in [0.3, 0.4) is 0 Å². The van der Waals surface area contributed by atoms with Gasteiger partial charge in [-0.05, 0) is 12.1 Å². The van der Waals surface area contributed by atoms with Gasteiger partial charge in [-0.2, -0.15) is 4.98 Å². The predicted molar refractivity (Wildman–Crippen MR) is 80.6 cm³/mol. The van der Waals surface area contributed by atoms with Gasteiger partial charge in [0.15, 0.2) is 0 Å². The van der Waals surface area contributed by atoms with Crippen molar-refractivity contribution in [1.82, 2.24) is 15.3 Å². The summed E-state index contributed by atoms with van der Waals surface area (Å²) < 4.78 is 15.8. The van der Waals surface area contributed by atoms with Crippen molar-refractivity contribution in [3.63, 3.8) is 0 Å². The quantitative estimate of drug-likeness (QED) is 0.789. The Morgan fingerprint density at radius 1 is 1.30 bits per heavy atom. The minimum Gasteiger partial charge on any atom is -0.480 e. The average molecular weight is 315 g/mol. The van der Waals surface area contributed by atoms with E-state index >= 15 is 0 Å². The zero-order chi connectivity index (χ0) is 16.4. The number of guanidine groups is 1. The molecule has 1 aliphatic rings. The lowest BCUT2D eigenvalue weighted by Gasteiger charge is -2.05. The monoisotopic (exact) mass is 315 g/mol. The number of ether oxygens (including phenoxy) is 2. The second-order valence-corrected chi connectivity index (χ2v) is 4.46. The summed E-state index contributed by atoms with van der Waals surface area (Å²) in [5.41, 5.74) is 6.15. The van der Waals surface area contributed by atoms with E-state index in [0.717, 1.165) is 0 Å². The maximum Gasteiger partial charge on any atom is 0.319 e. The van der Waals surface area contributed by atoms with E-state index in [1.807, 2.05) is 0 Å². The summed E-state index contributed by atoms with van der Waals surface area (Å²) in [6.45, 7) is 0. The molecule has 2 aromatic heterocycles. The molecule has 0 aliphatic carbocycles. The number of nitrogens with two attached hydrogens (primary N) is 1. The Kier molecular flexibility index (Phi) is 3.67. The Hall–Kier alpha value is -3.36. The lowest BCUT2D eigenvalue weighted by atomic mass is 10.2. The van der Waals surface area contributed by atoms with Gasteiger partial charge in [0, 0.05) is 12.3 Å². The van der Waals surface area contributed by atoms with E-state index in [9.17, 15) is 4.79 Å². The van der Waals surface area contributed by atoms with Crippen molar-refractivity contribution >= 4 is 17.9 Å². The molecule has 9 nitrogen and oxygen atoms in total. The molecule has 0 radical (unpaired) electrons. The molecule has 1 aliphatic heterocycles. The molecule has 0 atom stereocenters. The minimum atomic E-state index is -0.384. The number of nitrogens with one attached hydrogen (secondary N) is 1. The van der Waals surface area contributed by atoms with Gasteiger partial charge in [-0.15, -0.1) is 0 Å². The summed E-state index contributed by atoms with van der Waals surface area (Å²) in [4.78, 5) is 23.6. The molecule has 0 saturated heterocycles. The number of nitrogens with zero attached hydrogens (tertiary/aromatic N) is 3. The van der Waals surface area contributed by atoms with Crippen molar-refractivity contribution in [2.75, 3.05) is 14.2 Å². The van der Waals surface area contributed by atoms with E-state index in [0.29, 0.717) is 23.0 Å². The van der Waals surface area contributed by atoms with Crippen LogP contribution < -0.4 is 20.5 Å². The third-order valence-corrected chi connectivity index (χ3v) is 2.99. The van der Waals surface area contributed by atoms with Crippen molar-refractivity contribution in [3.8, 4) is 23.2 Å². The number of carbonyl (C=O) groups is 1. The van der Waals surface area contributed by atoms with Gasteiger partial charge >= 0.3 is 6.01 Å². The molecule has 118 valence electrons. The van der Waals surface area contributed by atoms with Crippen LogP contribution in [0.5, 0.6) is 11.9 Å². The van der Waals surface area contributed by atoms with E-state index in [4.69, 9.17) is 19.6 Å². The van der Waals surface area contributed by atoms with E-state index in [2.05, 4.69) is 20.3 Å². The molecule has 0 spiro atoms. The van der Waals surface area contributed by atoms with Crippen LogP contribution in [0.25, 0.3) is 17.4 Å². The molecule has 2 aromatic rings. The van der Waals surface area contributed by atoms with Crippen molar-refractivity contribution in [1.29, 1.82) is 0 Å². The first-order valence-electron chi connectivity index (χ1n) is 6.53. The molecule has 1 amide bonds. The second kappa shape index (κ2) is 5.79. The molecule has 3 heterocycles. The molecule has 0 aromatic carbocycles. The van der Waals surface area contributed by atoms with Gasteiger partial charge in [0.25, 0.3) is 5.91 Å². The van der Waals surface area contributed by atoms with Crippen molar-refractivity contribution < 1.29 is 18.7 Å². The van der Waals surface area contributed by atoms with Crippen LogP contribution in [-0.2, 0) is 4.79 Å². The smallest absolute Gasteiger partial charge is 0.319 e. The van der Waals surface area contributed by atoms with Gasteiger partial charge in [-0.1, -0.05) is 0 Å². The summed E-state index contributed by atoms with van der Waals surface area (Å²) >= 11 is 0. The Bertz CT molecular complexity index is 824. The topological polar surface area (TPSA) is 125 Å². The molecule has 3 N–H and O–H groups in total. The van der Waals surface area contributed by atoms with Gasteiger partial charge in [-0.25, -0.2) is 9.98 Å². The van der Waals surface area contributed by atoms with E-state index in [1.165, 1.54) is 26.5 Å². The highest BCUT2D eigenvalue weighted by Crippen LogP contribution is 2.30. The Labute approximate surface area is 130 Å². The Morgan fingerprint density at radius 2 is 2.13 bits per heavy atom. The average Bonchev–Trinajstić information content (AvgIpc) is 3.13. The number of aromatic nitrogens is 2. The maximum absolute atomic E-state index is 11.6. The van der Waals surface area contributed by atoms with Crippen LogP contribution in [0.2, 0.25) is 0 Å². The van der Waals surface area contributed by atoms with Gasteiger partial charge in [0.2, 0.25) is 11.8 Å². The highest BCUT2D eigenvalue weighted by Gasteiger charge is 2.19. The van der Waals surface area contributed by atoms with Crippen LogP contribution in [0.4, 0.5) is 0 Å². The van der Waals surface area contributed by atoms with Crippen LogP contribution in [0.1, 0.15) is 5.76 Å². The molecule has 9 heteroatoms. The van der Waals surface area contributed by atoms with E-state index in [-0.39, 0.29) is 23.6 Å². The third kappa shape index (κ3) is 2.84. The van der Waals surface area contributed by atoms with E-state index in [1.54, 1.807) is 12.1 Å². The van der Waals surface area contributed by atoms with Crippen LogP contribution in [-0.4, -0.2) is 36.1 Å². The lowest BCUT2D eigenvalue weighted by molar-refractivity contribution is -0.115. The molecule has 0 bridgehead atoms. The van der Waals surface area contributed by atoms with Crippen molar-refractivity contribution in [2.24, 2.45) is 10.7 Å². The fraction of sp³-hybridized carbons (Fsp3) is 0.143. The first-order valence-corrected chi connectivity index (χ1v) is 6.53. The summed E-state index contributed by atoms with van der Waals surface area (Å²) in [5, 5.41) is 2.38. The number of hydrogen-bond acceptors (Lipinski definition) is 8. The first-order chi connectivity index (χ1) is 11.1.